The van der Waals surface area contributed by atoms with E-state index in [1.54, 1.807) is 31.0 Å². The van der Waals surface area contributed by atoms with Crippen molar-refractivity contribution in [2.24, 2.45) is 0 Å². The smallest absolute Gasteiger partial charge is 0.410 e. The minimum atomic E-state index is -0.628. The molecule has 2 aliphatic heterocycles. The minimum absolute atomic E-state index is 0.193. The van der Waals surface area contributed by atoms with Crippen molar-refractivity contribution in [3.8, 4) is 11.3 Å². The van der Waals surface area contributed by atoms with Gasteiger partial charge in [-0.15, -0.1) is 0 Å². The Bertz CT molecular complexity index is 896. The molecule has 1 aromatic heterocycles. The highest BCUT2D eigenvalue weighted by molar-refractivity contribution is 6.33. The van der Waals surface area contributed by atoms with E-state index in [0.29, 0.717) is 53.7 Å². The number of nitrogens with zero attached hydrogens (tertiary/aromatic N) is 3. The van der Waals surface area contributed by atoms with Crippen molar-refractivity contribution in [3.63, 3.8) is 0 Å². The fourth-order valence-electron chi connectivity index (χ4n) is 3.64. The van der Waals surface area contributed by atoms with Crippen LogP contribution in [0.3, 0.4) is 0 Å². The van der Waals surface area contributed by atoms with Crippen molar-refractivity contribution >= 4 is 23.6 Å². The van der Waals surface area contributed by atoms with Crippen LogP contribution < -0.4 is 0 Å². The monoisotopic (exact) mass is 375 g/mol. The van der Waals surface area contributed by atoms with Crippen LogP contribution in [-0.4, -0.2) is 59.2 Å². The van der Waals surface area contributed by atoms with Crippen LogP contribution in [-0.2, 0) is 4.74 Å². The first-order valence-corrected chi connectivity index (χ1v) is 8.72. The maximum absolute atomic E-state index is 13.2. The van der Waals surface area contributed by atoms with Gasteiger partial charge in [0.15, 0.2) is 5.60 Å². The Kier molecular flexibility index (Phi) is 3.91. The second-order valence-electron chi connectivity index (χ2n) is 6.83. The summed E-state index contributed by atoms with van der Waals surface area (Å²) in [5.74, 6) is 0.243. The van der Waals surface area contributed by atoms with E-state index in [9.17, 15) is 9.59 Å². The van der Waals surface area contributed by atoms with Crippen LogP contribution >= 0.6 is 11.6 Å². The van der Waals surface area contributed by atoms with Gasteiger partial charge in [-0.2, -0.15) is 0 Å². The summed E-state index contributed by atoms with van der Waals surface area (Å²) in [5, 5.41) is 4.55. The summed E-state index contributed by atoms with van der Waals surface area (Å²) in [6.45, 7) is 3.05. The van der Waals surface area contributed by atoms with Crippen LogP contribution in [0.2, 0.25) is 5.02 Å². The number of likely N-dealkylation sites (N-methyl/N-ethyl adjacent to an activating group) is 1. The Morgan fingerprint density at radius 1 is 1.31 bits per heavy atom. The Labute approximate surface area is 155 Å². The summed E-state index contributed by atoms with van der Waals surface area (Å²) < 4.78 is 10.8. The van der Waals surface area contributed by atoms with Crippen molar-refractivity contribution < 1.29 is 18.8 Å². The number of carbonyl (C=O) groups is 2. The van der Waals surface area contributed by atoms with Crippen LogP contribution in [0.1, 0.15) is 22.5 Å². The van der Waals surface area contributed by atoms with E-state index < -0.39 is 5.60 Å². The number of aromatic nitrogens is 1. The van der Waals surface area contributed by atoms with Gasteiger partial charge in [-0.25, -0.2) is 4.79 Å². The Morgan fingerprint density at radius 2 is 2.08 bits per heavy atom. The van der Waals surface area contributed by atoms with Crippen LogP contribution in [0.25, 0.3) is 11.3 Å². The molecule has 4 rings (SSSR count). The number of benzene rings is 1. The average molecular weight is 376 g/mol. The summed E-state index contributed by atoms with van der Waals surface area (Å²) in [6.07, 6.45) is 0.262. The molecule has 0 saturated carbocycles. The van der Waals surface area contributed by atoms with Crippen molar-refractivity contribution in [1.82, 2.24) is 15.0 Å². The third kappa shape index (κ3) is 2.63. The highest BCUT2D eigenvalue weighted by Gasteiger charge is 2.50. The van der Waals surface area contributed by atoms with Crippen LogP contribution in [0.4, 0.5) is 4.79 Å². The van der Waals surface area contributed by atoms with Gasteiger partial charge in [0.2, 0.25) is 0 Å². The molecule has 2 aromatic rings. The molecule has 0 radical (unpaired) electrons. The lowest BCUT2D eigenvalue weighted by Crippen LogP contribution is -2.39. The lowest BCUT2D eigenvalue weighted by Gasteiger charge is -2.21. The van der Waals surface area contributed by atoms with E-state index in [1.165, 1.54) is 4.90 Å². The van der Waals surface area contributed by atoms with Crippen molar-refractivity contribution in [1.29, 1.82) is 0 Å². The number of carbonyl (C=O) groups excluding carboxylic acids is 2. The molecule has 2 aliphatic rings. The molecule has 0 aliphatic carbocycles. The van der Waals surface area contributed by atoms with Crippen molar-refractivity contribution in [2.45, 2.75) is 18.9 Å². The quantitative estimate of drug-likeness (QED) is 0.806. The van der Waals surface area contributed by atoms with Gasteiger partial charge < -0.3 is 19.1 Å². The molecule has 0 bridgehead atoms. The summed E-state index contributed by atoms with van der Waals surface area (Å²) in [5.41, 5.74) is 0.847. The fourth-order valence-corrected chi connectivity index (χ4v) is 3.87. The molecule has 0 unspecified atom stereocenters. The Hall–Kier alpha value is -2.54. The molecule has 1 aromatic carbocycles. The maximum Gasteiger partial charge on any atom is 0.410 e. The van der Waals surface area contributed by atoms with E-state index in [-0.39, 0.29) is 12.0 Å². The molecule has 136 valence electrons. The number of ether oxygens (including phenoxy) is 1. The van der Waals surface area contributed by atoms with E-state index in [0.717, 1.165) is 0 Å². The molecule has 7 nitrogen and oxygen atoms in total. The topological polar surface area (TPSA) is 75.9 Å². The maximum atomic E-state index is 13.2. The van der Waals surface area contributed by atoms with E-state index in [4.69, 9.17) is 20.9 Å². The molecular weight excluding hydrogens is 358 g/mol. The first kappa shape index (κ1) is 16.9. The summed E-state index contributed by atoms with van der Waals surface area (Å²) in [6, 6.07) is 7.19. The predicted octanol–water partition coefficient (Wildman–Crippen LogP) is 2.97. The Morgan fingerprint density at radius 3 is 2.77 bits per heavy atom. The fraction of sp³-hybridized carbons (Fsp3) is 0.389. The zero-order valence-electron chi connectivity index (χ0n) is 14.5. The second kappa shape index (κ2) is 6.02. The van der Waals surface area contributed by atoms with Gasteiger partial charge in [-0.05, 0) is 13.0 Å². The van der Waals surface area contributed by atoms with Gasteiger partial charge in [0, 0.05) is 25.6 Å². The average Bonchev–Trinajstić information content (AvgIpc) is 3.26. The molecule has 1 atom stereocenters. The molecule has 8 heteroatoms. The van der Waals surface area contributed by atoms with Crippen molar-refractivity contribution in [3.05, 3.63) is 40.6 Å². The predicted molar refractivity (Wildman–Crippen MR) is 94.0 cm³/mol. The van der Waals surface area contributed by atoms with E-state index >= 15 is 0 Å². The molecule has 26 heavy (non-hydrogen) atoms. The van der Waals surface area contributed by atoms with E-state index in [2.05, 4.69) is 5.16 Å². The number of hydrogen-bond donors (Lipinski definition) is 0. The third-order valence-corrected chi connectivity index (χ3v) is 5.28. The summed E-state index contributed by atoms with van der Waals surface area (Å²) >= 11 is 6.27. The van der Waals surface area contributed by atoms with Gasteiger partial charge in [0.05, 0.1) is 18.1 Å². The Balaban J connectivity index is 1.63. The van der Waals surface area contributed by atoms with Crippen LogP contribution in [0.15, 0.2) is 28.8 Å². The van der Waals surface area contributed by atoms with Gasteiger partial charge in [-0.3, -0.25) is 4.79 Å². The summed E-state index contributed by atoms with van der Waals surface area (Å²) in [4.78, 5) is 28.1. The lowest BCUT2D eigenvalue weighted by molar-refractivity contribution is 0.0552. The third-order valence-electron chi connectivity index (χ3n) is 4.95. The SMILES string of the molecule is Cc1onc(-c2ccccc2Cl)c1C(=O)N1CC[C@@]2(CN(C)C(=O)O2)C1. The molecule has 3 heterocycles. The molecule has 2 fully saturated rings. The molecule has 2 amide bonds. The summed E-state index contributed by atoms with van der Waals surface area (Å²) in [7, 11) is 1.70. The standard InChI is InChI=1S/C18H18ClN3O4/c1-11-14(15(20-26-11)12-5-3-4-6-13(12)19)16(23)22-8-7-18(10-22)9-21(2)17(24)25-18/h3-6H,7-10H2,1-2H3/t18-/m1/s1. The van der Waals surface area contributed by atoms with Crippen LogP contribution in [0.5, 0.6) is 0 Å². The van der Waals surface area contributed by atoms with Gasteiger partial charge in [0.25, 0.3) is 5.91 Å². The van der Waals surface area contributed by atoms with Crippen LogP contribution in [0, 0.1) is 6.92 Å². The number of amides is 2. The molecular formula is C18H18ClN3O4. The number of rotatable bonds is 2. The highest BCUT2D eigenvalue weighted by atomic mass is 35.5. The second-order valence-corrected chi connectivity index (χ2v) is 7.23. The molecule has 2 saturated heterocycles. The van der Waals surface area contributed by atoms with Gasteiger partial charge in [0.1, 0.15) is 17.0 Å². The normalized spacial score (nSPS) is 22.3. The zero-order valence-corrected chi connectivity index (χ0v) is 15.2. The van der Waals surface area contributed by atoms with Gasteiger partial charge >= 0.3 is 6.09 Å². The van der Waals surface area contributed by atoms with Gasteiger partial charge in [-0.1, -0.05) is 35.0 Å². The highest BCUT2D eigenvalue weighted by Crippen LogP contribution is 2.35. The zero-order chi connectivity index (χ0) is 18.5. The largest absolute Gasteiger partial charge is 0.439 e. The molecule has 0 N–H and O–H groups in total. The van der Waals surface area contributed by atoms with Crippen molar-refractivity contribution in [2.75, 3.05) is 26.7 Å². The first-order valence-electron chi connectivity index (χ1n) is 8.35. The minimum Gasteiger partial charge on any atom is -0.439 e. The lowest BCUT2D eigenvalue weighted by atomic mass is 10.0. The van der Waals surface area contributed by atoms with E-state index in [1.807, 2.05) is 12.1 Å². The number of hydrogen-bond acceptors (Lipinski definition) is 5. The number of aryl methyl sites for hydroxylation is 1. The first-order chi connectivity index (χ1) is 12.4. The molecule has 1 spiro atoms. The number of halogens is 1. The number of likely N-dealkylation sites (tertiary alicyclic amines) is 1.